The molecule has 0 aromatic rings. The number of rotatable bonds is 7. The van der Waals surface area contributed by atoms with Crippen LogP contribution in [0.1, 0.15) is 25.7 Å². The van der Waals surface area contributed by atoms with Gasteiger partial charge in [0.1, 0.15) is 0 Å². The van der Waals surface area contributed by atoms with Gasteiger partial charge < -0.3 is 15.2 Å². The van der Waals surface area contributed by atoms with E-state index in [1.807, 2.05) is 0 Å². The molecule has 5 heteroatoms. The first kappa shape index (κ1) is 13.7. The van der Waals surface area contributed by atoms with Crippen molar-refractivity contribution in [3.8, 4) is 0 Å². The number of amides is 1. The van der Waals surface area contributed by atoms with Gasteiger partial charge >= 0.3 is 5.97 Å². The Kier molecular flexibility index (Phi) is 4.69. The maximum atomic E-state index is 12.0. The second kappa shape index (κ2) is 5.82. The Morgan fingerprint density at radius 2 is 2.24 bits per heavy atom. The molecule has 1 fully saturated rings. The summed E-state index contributed by atoms with van der Waals surface area (Å²) in [6.07, 6.45) is 4.12. The van der Waals surface area contributed by atoms with E-state index in [4.69, 9.17) is 9.84 Å². The van der Waals surface area contributed by atoms with Crippen LogP contribution in [0.2, 0.25) is 0 Å². The summed E-state index contributed by atoms with van der Waals surface area (Å²) in [5, 5.41) is 11.4. The lowest BCUT2D eigenvalue weighted by Crippen LogP contribution is -2.48. The van der Waals surface area contributed by atoms with E-state index in [1.165, 1.54) is 7.11 Å². The molecule has 1 unspecified atom stereocenters. The third-order valence-electron chi connectivity index (χ3n) is 3.34. The highest BCUT2D eigenvalue weighted by Crippen LogP contribution is 2.44. The molecule has 1 aliphatic carbocycles. The topological polar surface area (TPSA) is 75.6 Å². The average molecular weight is 241 g/mol. The Morgan fingerprint density at radius 1 is 1.59 bits per heavy atom. The molecule has 17 heavy (non-hydrogen) atoms. The van der Waals surface area contributed by atoms with Crippen LogP contribution in [0, 0.1) is 5.41 Å². The van der Waals surface area contributed by atoms with E-state index >= 15 is 0 Å². The highest BCUT2D eigenvalue weighted by molar-refractivity contribution is 5.84. The Hall–Kier alpha value is -1.36. The maximum absolute atomic E-state index is 12.0. The summed E-state index contributed by atoms with van der Waals surface area (Å²) in [6, 6.07) is 0. The second-order valence-corrected chi connectivity index (χ2v) is 4.40. The zero-order chi connectivity index (χ0) is 12.9. The normalized spacial score (nSPS) is 18.9. The lowest BCUT2D eigenvalue weighted by atomic mass is 9.66. The molecule has 1 saturated carbocycles. The zero-order valence-electron chi connectivity index (χ0n) is 10.1. The highest BCUT2D eigenvalue weighted by atomic mass is 16.5. The number of methoxy groups -OCH3 is 1. The SMILES string of the molecule is C=CCC1(C(=O)NCC(OC)C(=O)O)CCC1. The van der Waals surface area contributed by atoms with Crippen molar-refractivity contribution in [2.45, 2.75) is 31.8 Å². The zero-order valence-corrected chi connectivity index (χ0v) is 10.1. The minimum absolute atomic E-state index is 0.00353. The minimum atomic E-state index is -1.07. The van der Waals surface area contributed by atoms with Crippen LogP contribution in [-0.4, -0.2) is 36.7 Å². The summed E-state index contributed by atoms with van der Waals surface area (Å²) in [4.78, 5) is 22.7. The van der Waals surface area contributed by atoms with Gasteiger partial charge in [-0.2, -0.15) is 0 Å². The minimum Gasteiger partial charge on any atom is -0.479 e. The Balaban J connectivity index is 2.48. The van der Waals surface area contributed by atoms with Crippen molar-refractivity contribution in [1.29, 1.82) is 0 Å². The molecule has 2 N–H and O–H groups in total. The molecule has 1 aliphatic rings. The predicted molar refractivity (Wildman–Crippen MR) is 62.5 cm³/mol. The van der Waals surface area contributed by atoms with E-state index in [9.17, 15) is 9.59 Å². The number of ether oxygens (including phenoxy) is 1. The number of allylic oxidation sites excluding steroid dienone is 1. The molecule has 0 aliphatic heterocycles. The number of carboxylic acid groups (broad SMARTS) is 1. The van der Waals surface area contributed by atoms with Gasteiger partial charge in [-0.05, 0) is 19.3 Å². The van der Waals surface area contributed by atoms with Gasteiger partial charge in [0.05, 0.1) is 12.0 Å². The molecule has 0 spiro atoms. The quantitative estimate of drug-likeness (QED) is 0.651. The summed E-state index contributed by atoms with van der Waals surface area (Å²) < 4.78 is 4.75. The van der Waals surface area contributed by atoms with Gasteiger partial charge in [0.25, 0.3) is 0 Å². The average Bonchev–Trinajstić information content (AvgIpc) is 2.23. The van der Waals surface area contributed by atoms with Crippen molar-refractivity contribution < 1.29 is 19.4 Å². The summed E-state index contributed by atoms with van der Waals surface area (Å²) in [5.74, 6) is -1.16. The van der Waals surface area contributed by atoms with Gasteiger partial charge in [-0.15, -0.1) is 6.58 Å². The van der Waals surface area contributed by atoms with Crippen LogP contribution in [0.4, 0.5) is 0 Å². The third kappa shape index (κ3) is 3.06. The first-order valence-corrected chi connectivity index (χ1v) is 5.70. The largest absolute Gasteiger partial charge is 0.479 e. The molecule has 5 nitrogen and oxygen atoms in total. The van der Waals surface area contributed by atoms with Gasteiger partial charge in [-0.25, -0.2) is 4.79 Å². The lowest BCUT2D eigenvalue weighted by Gasteiger charge is -2.39. The van der Waals surface area contributed by atoms with E-state index in [1.54, 1.807) is 6.08 Å². The van der Waals surface area contributed by atoms with E-state index in [-0.39, 0.29) is 17.9 Å². The van der Waals surface area contributed by atoms with Crippen molar-refractivity contribution in [3.63, 3.8) is 0 Å². The fraction of sp³-hybridized carbons (Fsp3) is 0.667. The summed E-state index contributed by atoms with van der Waals surface area (Å²) in [7, 11) is 1.31. The molecule has 96 valence electrons. The van der Waals surface area contributed by atoms with Crippen LogP contribution < -0.4 is 5.32 Å². The first-order chi connectivity index (χ1) is 8.05. The van der Waals surface area contributed by atoms with Crippen LogP contribution in [0.25, 0.3) is 0 Å². The predicted octanol–water partition coefficient (Wildman–Crippen LogP) is 0.949. The number of carboxylic acids is 1. The van der Waals surface area contributed by atoms with Crippen molar-refractivity contribution in [1.82, 2.24) is 5.32 Å². The van der Waals surface area contributed by atoms with Crippen molar-refractivity contribution in [2.75, 3.05) is 13.7 Å². The molecular formula is C12H19NO4. The molecule has 0 heterocycles. The van der Waals surface area contributed by atoms with E-state index in [0.29, 0.717) is 6.42 Å². The van der Waals surface area contributed by atoms with Crippen LogP contribution >= 0.6 is 0 Å². The Morgan fingerprint density at radius 3 is 2.59 bits per heavy atom. The van der Waals surface area contributed by atoms with Gasteiger partial charge in [0, 0.05) is 7.11 Å². The van der Waals surface area contributed by atoms with Crippen LogP contribution in [0.5, 0.6) is 0 Å². The second-order valence-electron chi connectivity index (χ2n) is 4.40. The Labute approximate surface area is 101 Å². The summed E-state index contributed by atoms with van der Waals surface area (Å²) in [5.41, 5.74) is -0.363. The molecule has 0 bridgehead atoms. The fourth-order valence-electron chi connectivity index (χ4n) is 2.05. The molecule has 1 atom stereocenters. The standard InChI is InChI=1S/C12H19NO4/c1-3-5-12(6-4-7-12)11(16)13-8-9(17-2)10(14)15/h3,9H,1,4-8H2,2H3,(H,13,16)(H,14,15). The number of hydrogen-bond donors (Lipinski definition) is 2. The van der Waals surface area contributed by atoms with Crippen molar-refractivity contribution >= 4 is 11.9 Å². The monoisotopic (exact) mass is 241 g/mol. The Bertz CT molecular complexity index is 310. The van der Waals surface area contributed by atoms with E-state index < -0.39 is 12.1 Å². The molecule has 0 radical (unpaired) electrons. The number of hydrogen-bond acceptors (Lipinski definition) is 3. The maximum Gasteiger partial charge on any atom is 0.334 e. The number of nitrogens with one attached hydrogen (secondary N) is 1. The van der Waals surface area contributed by atoms with Crippen molar-refractivity contribution in [3.05, 3.63) is 12.7 Å². The first-order valence-electron chi connectivity index (χ1n) is 5.70. The van der Waals surface area contributed by atoms with E-state index in [0.717, 1.165) is 19.3 Å². The van der Waals surface area contributed by atoms with Crippen molar-refractivity contribution in [2.24, 2.45) is 5.41 Å². The molecule has 1 amide bonds. The summed E-state index contributed by atoms with van der Waals surface area (Å²) in [6.45, 7) is 3.65. The summed E-state index contributed by atoms with van der Waals surface area (Å²) >= 11 is 0. The van der Waals surface area contributed by atoms with Gasteiger partial charge in [0.2, 0.25) is 5.91 Å². The molecule has 0 saturated heterocycles. The molecule has 0 aromatic heterocycles. The van der Waals surface area contributed by atoms with E-state index in [2.05, 4.69) is 11.9 Å². The van der Waals surface area contributed by atoms with Gasteiger partial charge in [-0.1, -0.05) is 12.5 Å². The molecule has 0 aromatic carbocycles. The van der Waals surface area contributed by atoms with Crippen LogP contribution in [-0.2, 0) is 14.3 Å². The number of aliphatic carboxylic acids is 1. The third-order valence-corrected chi connectivity index (χ3v) is 3.34. The van der Waals surface area contributed by atoms with Gasteiger partial charge in [0.15, 0.2) is 6.10 Å². The molecular weight excluding hydrogens is 222 g/mol. The molecule has 1 rings (SSSR count). The van der Waals surface area contributed by atoms with Crippen LogP contribution in [0.3, 0.4) is 0 Å². The number of carbonyl (C=O) groups excluding carboxylic acids is 1. The fourth-order valence-corrected chi connectivity index (χ4v) is 2.05. The smallest absolute Gasteiger partial charge is 0.334 e. The van der Waals surface area contributed by atoms with Crippen LogP contribution in [0.15, 0.2) is 12.7 Å². The van der Waals surface area contributed by atoms with Gasteiger partial charge in [-0.3, -0.25) is 4.79 Å². The highest BCUT2D eigenvalue weighted by Gasteiger charge is 2.42. The lowest BCUT2D eigenvalue weighted by molar-refractivity contribution is -0.149. The number of carbonyl (C=O) groups is 2.